The van der Waals surface area contributed by atoms with Gasteiger partial charge in [0.15, 0.2) is 0 Å². The molecule has 2 atom stereocenters. The van der Waals surface area contributed by atoms with Crippen molar-refractivity contribution in [2.75, 3.05) is 4.90 Å². The van der Waals surface area contributed by atoms with Gasteiger partial charge in [-0.15, -0.1) is 11.3 Å². The van der Waals surface area contributed by atoms with E-state index >= 15 is 0 Å². The van der Waals surface area contributed by atoms with Gasteiger partial charge in [0.25, 0.3) is 0 Å². The maximum absolute atomic E-state index is 13.9. The van der Waals surface area contributed by atoms with Crippen molar-refractivity contribution >= 4 is 28.2 Å². The van der Waals surface area contributed by atoms with E-state index in [1.165, 1.54) is 43.4 Å². The molecule has 0 radical (unpaired) electrons. The van der Waals surface area contributed by atoms with Crippen LogP contribution in [0.5, 0.6) is 0 Å². The Kier molecular flexibility index (Phi) is 3.67. The molecule has 1 aromatic heterocycles. The second kappa shape index (κ2) is 6.40. The van der Waals surface area contributed by atoms with Gasteiger partial charge in [-0.3, -0.25) is 9.59 Å². The summed E-state index contributed by atoms with van der Waals surface area (Å²) in [6.45, 7) is 0. The molecule has 1 aliphatic heterocycles. The zero-order valence-electron chi connectivity index (χ0n) is 17.4. The minimum atomic E-state index is -0.400. The van der Waals surface area contributed by atoms with Crippen LogP contribution in [-0.4, -0.2) is 11.8 Å². The normalized spacial score (nSPS) is 26.9. The van der Waals surface area contributed by atoms with Crippen LogP contribution in [0.2, 0.25) is 0 Å². The largest absolute Gasteiger partial charge is 0.274 e. The summed E-state index contributed by atoms with van der Waals surface area (Å²) in [5, 5.41) is 10.5. The van der Waals surface area contributed by atoms with E-state index in [1.54, 1.807) is 0 Å². The van der Waals surface area contributed by atoms with E-state index in [2.05, 4.69) is 30.3 Å². The molecule has 5 heteroatoms. The molecule has 1 fully saturated rings. The number of carbonyl (C=O) groups excluding carboxylic acids is 2. The number of benzene rings is 2. The maximum Gasteiger partial charge on any atom is 0.239 e. The van der Waals surface area contributed by atoms with Crippen molar-refractivity contribution in [3.63, 3.8) is 0 Å². The monoisotopic (exact) mass is 436 g/mol. The lowest BCUT2D eigenvalue weighted by atomic mass is 9.55. The number of anilines is 1. The van der Waals surface area contributed by atoms with E-state index in [0.717, 1.165) is 31.2 Å². The Morgan fingerprint density at radius 1 is 0.812 bits per heavy atom. The molecule has 156 valence electrons. The summed E-state index contributed by atoms with van der Waals surface area (Å²) in [4.78, 5) is 30.5. The zero-order chi connectivity index (χ0) is 21.6. The van der Waals surface area contributed by atoms with E-state index in [1.807, 2.05) is 24.3 Å². The van der Waals surface area contributed by atoms with Gasteiger partial charge in [0.1, 0.15) is 11.1 Å². The Balaban J connectivity index is 1.43. The van der Waals surface area contributed by atoms with Gasteiger partial charge >= 0.3 is 0 Å². The Morgan fingerprint density at radius 3 is 1.81 bits per heavy atom. The number of nitrogens with zero attached hydrogens (tertiary/aromatic N) is 2. The number of thiophene rings is 1. The summed E-state index contributed by atoms with van der Waals surface area (Å²) in [7, 11) is 0. The third-order valence-corrected chi connectivity index (χ3v) is 9.19. The summed E-state index contributed by atoms with van der Waals surface area (Å²) in [5.74, 6) is -1.29. The van der Waals surface area contributed by atoms with E-state index < -0.39 is 11.8 Å². The maximum atomic E-state index is 13.9. The van der Waals surface area contributed by atoms with Gasteiger partial charge in [-0.25, -0.2) is 4.90 Å². The molecule has 2 aromatic carbocycles. The second-order valence-corrected chi connectivity index (χ2v) is 10.4. The predicted octanol–water partition coefficient (Wildman–Crippen LogP) is 4.90. The van der Waals surface area contributed by atoms with Gasteiger partial charge in [0.2, 0.25) is 11.8 Å². The molecule has 2 amide bonds. The number of carbonyl (C=O) groups is 2. The van der Waals surface area contributed by atoms with E-state index in [-0.39, 0.29) is 23.7 Å². The van der Waals surface area contributed by atoms with Gasteiger partial charge in [-0.1, -0.05) is 48.5 Å². The molecule has 2 bridgehead atoms. The van der Waals surface area contributed by atoms with Crippen molar-refractivity contribution in [2.24, 2.45) is 11.8 Å². The minimum absolute atomic E-state index is 0.112. The van der Waals surface area contributed by atoms with Gasteiger partial charge in [-0.05, 0) is 53.5 Å². The average Bonchev–Trinajstić information content (AvgIpc) is 3.33. The number of fused-ring (bicyclic) bond motifs is 1. The average molecular weight is 437 g/mol. The highest BCUT2D eigenvalue weighted by Gasteiger charge is 2.62. The van der Waals surface area contributed by atoms with Crippen LogP contribution in [0, 0.1) is 23.2 Å². The minimum Gasteiger partial charge on any atom is -0.274 e. The van der Waals surface area contributed by atoms with Gasteiger partial charge in [0.05, 0.1) is 17.4 Å². The quantitative estimate of drug-likeness (QED) is 0.510. The van der Waals surface area contributed by atoms with Crippen molar-refractivity contribution < 1.29 is 9.59 Å². The second-order valence-electron chi connectivity index (χ2n) is 9.28. The van der Waals surface area contributed by atoms with Crippen molar-refractivity contribution in [1.29, 1.82) is 5.26 Å². The van der Waals surface area contributed by atoms with Crippen LogP contribution in [0.1, 0.15) is 62.9 Å². The van der Waals surface area contributed by atoms with Crippen LogP contribution in [0.4, 0.5) is 5.00 Å². The first-order chi connectivity index (χ1) is 15.7. The molecular weight excluding hydrogens is 416 g/mol. The number of nitriles is 1. The molecule has 4 aliphatic carbocycles. The summed E-state index contributed by atoms with van der Waals surface area (Å²) in [6, 6.07) is 18.9. The summed E-state index contributed by atoms with van der Waals surface area (Å²) >= 11 is 1.49. The SMILES string of the molecule is N#Cc1c(N2C(=O)[C@@H]3C4c5ccccc5C(c5ccccc54)[C@H]3C2=O)sc2c1CCCC2. The van der Waals surface area contributed by atoms with Gasteiger partial charge in [-0.2, -0.15) is 5.26 Å². The first-order valence-corrected chi connectivity index (χ1v) is 12.1. The molecule has 1 saturated heterocycles. The molecule has 5 aliphatic rings. The smallest absolute Gasteiger partial charge is 0.239 e. The number of imide groups is 1. The molecule has 2 heterocycles. The first kappa shape index (κ1) is 18.4. The van der Waals surface area contributed by atoms with E-state index in [9.17, 15) is 14.9 Å². The van der Waals surface area contributed by atoms with Crippen molar-refractivity contribution in [3.8, 4) is 6.07 Å². The lowest BCUT2D eigenvalue weighted by molar-refractivity contribution is -0.122. The molecular formula is C27H20N2O2S. The standard InChI is InChI=1S/C27H20N2O2S/c28-13-19-14-7-5-6-12-20(14)32-27(19)29-25(30)23-21-15-8-1-2-9-16(15)22(24(23)26(29)31)18-11-4-3-10-17(18)21/h1-4,8-11,21-24H,5-7,12H2/t21?,22?,23-,24-/m1/s1. The molecule has 0 unspecified atom stereocenters. The Morgan fingerprint density at radius 2 is 1.31 bits per heavy atom. The molecule has 0 saturated carbocycles. The fourth-order valence-electron chi connectivity index (χ4n) is 6.70. The van der Waals surface area contributed by atoms with Crippen molar-refractivity contribution in [3.05, 3.63) is 86.8 Å². The molecule has 4 nitrogen and oxygen atoms in total. The number of amides is 2. The summed E-state index contributed by atoms with van der Waals surface area (Å²) < 4.78 is 0. The van der Waals surface area contributed by atoms with Crippen LogP contribution in [0.3, 0.4) is 0 Å². The Bertz CT molecular complexity index is 1270. The van der Waals surface area contributed by atoms with E-state index in [4.69, 9.17) is 0 Å². The molecule has 3 aromatic rings. The summed E-state index contributed by atoms with van der Waals surface area (Å²) in [6.07, 6.45) is 3.94. The fraction of sp³-hybridized carbons (Fsp3) is 0.296. The zero-order valence-corrected chi connectivity index (χ0v) is 18.2. The summed E-state index contributed by atoms with van der Waals surface area (Å²) in [5.41, 5.74) is 6.30. The molecule has 32 heavy (non-hydrogen) atoms. The van der Waals surface area contributed by atoms with E-state index in [0.29, 0.717) is 10.6 Å². The van der Waals surface area contributed by atoms with Crippen LogP contribution in [0.15, 0.2) is 48.5 Å². The predicted molar refractivity (Wildman–Crippen MR) is 122 cm³/mol. The number of hydrogen-bond donors (Lipinski definition) is 0. The molecule has 0 N–H and O–H groups in total. The van der Waals surface area contributed by atoms with Crippen LogP contribution >= 0.6 is 11.3 Å². The van der Waals surface area contributed by atoms with Crippen LogP contribution in [0.25, 0.3) is 0 Å². The first-order valence-electron chi connectivity index (χ1n) is 11.3. The Hall–Kier alpha value is -3.23. The number of aryl methyl sites for hydroxylation is 1. The van der Waals surface area contributed by atoms with Gasteiger partial charge < -0.3 is 0 Å². The Labute approximate surface area is 190 Å². The van der Waals surface area contributed by atoms with Crippen molar-refractivity contribution in [1.82, 2.24) is 0 Å². The van der Waals surface area contributed by atoms with Crippen LogP contribution < -0.4 is 4.90 Å². The van der Waals surface area contributed by atoms with Crippen LogP contribution in [-0.2, 0) is 22.4 Å². The third-order valence-electron chi connectivity index (χ3n) is 7.92. The molecule has 0 spiro atoms. The number of rotatable bonds is 1. The topological polar surface area (TPSA) is 61.2 Å². The fourth-order valence-corrected chi connectivity index (χ4v) is 8.05. The third kappa shape index (κ3) is 2.11. The highest BCUT2D eigenvalue weighted by atomic mass is 32.1. The lowest BCUT2D eigenvalue weighted by Crippen LogP contribution is -2.41. The highest BCUT2D eigenvalue weighted by Crippen LogP contribution is 2.61. The van der Waals surface area contributed by atoms with Crippen molar-refractivity contribution in [2.45, 2.75) is 37.5 Å². The molecule has 8 rings (SSSR count). The lowest BCUT2D eigenvalue weighted by Gasteiger charge is -2.45. The number of hydrogen-bond acceptors (Lipinski definition) is 4. The highest BCUT2D eigenvalue weighted by molar-refractivity contribution is 7.17. The van der Waals surface area contributed by atoms with Gasteiger partial charge in [0, 0.05) is 16.7 Å².